The number of methoxy groups -OCH3 is 1. The SMILES string of the molecule is CO[C@@H](Cc1ccccc1C#CCOc1ccc(C(=O)c2ccc(F)cc2)cc1)C(=O)O. The van der Waals surface area contributed by atoms with Crippen LogP contribution in [0.5, 0.6) is 5.75 Å². The number of hydrogen-bond donors (Lipinski definition) is 1. The first-order chi connectivity index (χ1) is 15.5. The summed E-state index contributed by atoms with van der Waals surface area (Å²) in [4.78, 5) is 23.6. The highest BCUT2D eigenvalue weighted by Crippen LogP contribution is 2.16. The first kappa shape index (κ1) is 22.7. The van der Waals surface area contributed by atoms with Gasteiger partial charge >= 0.3 is 5.97 Å². The van der Waals surface area contributed by atoms with Crippen molar-refractivity contribution in [1.82, 2.24) is 0 Å². The fraction of sp³-hybridized carbons (Fsp3) is 0.154. The van der Waals surface area contributed by atoms with Gasteiger partial charge in [-0.2, -0.15) is 0 Å². The molecule has 3 aromatic rings. The second-order valence-corrected chi connectivity index (χ2v) is 6.87. The molecule has 0 radical (unpaired) electrons. The maximum atomic E-state index is 13.0. The summed E-state index contributed by atoms with van der Waals surface area (Å²) in [6.07, 6.45) is -0.730. The summed E-state index contributed by atoms with van der Waals surface area (Å²) in [5.74, 6) is 4.84. The Kier molecular flexibility index (Phi) is 7.74. The minimum absolute atomic E-state index is 0.117. The molecule has 0 unspecified atom stereocenters. The van der Waals surface area contributed by atoms with Crippen LogP contribution in [0.15, 0.2) is 72.8 Å². The van der Waals surface area contributed by atoms with E-state index in [0.717, 1.165) is 5.56 Å². The Balaban J connectivity index is 1.61. The van der Waals surface area contributed by atoms with Gasteiger partial charge in [-0.1, -0.05) is 30.0 Å². The summed E-state index contributed by atoms with van der Waals surface area (Å²) in [5.41, 5.74) is 2.36. The summed E-state index contributed by atoms with van der Waals surface area (Å²) in [5, 5.41) is 9.18. The minimum atomic E-state index is -1.03. The molecule has 0 aliphatic carbocycles. The summed E-state index contributed by atoms with van der Waals surface area (Å²) in [6, 6.07) is 19.3. The van der Waals surface area contributed by atoms with E-state index in [9.17, 15) is 19.1 Å². The van der Waals surface area contributed by atoms with Crippen molar-refractivity contribution < 1.29 is 28.6 Å². The van der Waals surface area contributed by atoms with Gasteiger partial charge in [-0.25, -0.2) is 9.18 Å². The van der Waals surface area contributed by atoms with E-state index < -0.39 is 17.9 Å². The van der Waals surface area contributed by atoms with Gasteiger partial charge in [0.15, 0.2) is 11.9 Å². The summed E-state index contributed by atoms with van der Waals surface area (Å²) >= 11 is 0. The summed E-state index contributed by atoms with van der Waals surface area (Å²) < 4.78 is 23.6. The molecule has 162 valence electrons. The number of carbonyl (C=O) groups excluding carboxylic acids is 1. The summed E-state index contributed by atoms with van der Waals surface area (Å²) in [6.45, 7) is 0.117. The highest BCUT2D eigenvalue weighted by atomic mass is 19.1. The monoisotopic (exact) mass is 432 g/mol. The van der Waals surface area contributed by atoms with Crippen molar-refractivity contribution in [3.8, 4) is 17.6 Å². The number of ketones is 1. The Morgan fingerprint density at radius 2 is 1.59 bits per heavy atom. The lowest BCUT2D eigenvalue weighted by atomic mass is 10.0. The Labute approximate surface area is 185 Å². The van der Waals surface area contributed by atoms with Crippen LogP contribution in [0, 0.1) is 17.7 Å². The molecule has 0 fully saturated rings. The molecule has 0 amide bonds. The molecule has 0 aliphatic heterocycles. The largest absolute Gasteiger partial charge is 0.481 e. The number of hydrogen-bond acceptors (Lipinski definition) is 4. The number of benzene rings is 3. The molecule has 0 bridgehead atoms. The van der Waals surface area contributed by atoms with Crippen LogP contribution in [0.1, 0.15) is 27.0 Å². The van der Waals surface area contributed by atoms with Crippen LogP contribution >= 0.6 is 0 Å². The number of rotatable bonds is 8. The van der Waals surface area contributed by atoms with Gasteiger partial charge in [-0.05, 0) is 60.2 Å². The van der Waals surface area contributed by atoms with E-state index in [1.807, 2.05) is 24.3 Å². The predicted molar refractivity (Wildman–Crippen MR) is 117 cm³/mol. The molecule has 3 rings (SSSR count). The maximum Gasteiger partial charge on any atom is 0.333 e. The number of halogens is 1. The topological polar surface area (TPSA) is 72.8 Å². The lowest BCUT2D eigenvalue weighted by Gasteiger charge is -2.11. The molecule has 0 spiro atoms. The molecular weight excluding hydrogens is 411 g/mol. The highest BCUT2D eigenvalue weighted by Gasteiger charge is 2.18. The number of carboxylic acid groups (broad SMARTS) is 1. The predicted octanol–water partition coefficient (Wildman–Crippen LogP) is 4.13. The van der Waals surface area contributed by atoms with Gasteiger partial charge in [0.2, 0.25) is 0 Å². The van der Waals surface area contributed by atoms with E-state index in [0.29, 0.717) is 22.4 Å². The Hall–Kier alpha value is -3.95. The van der Waals surface area contributed by atoms with Gasteiger partial charge in [-0.15, -0.1) is 0 Å². The fourth-order valence-corrected chi connectivity index (χ4v) is 3.01. The number of carbonyl (C=O) groups is 2. The van der Waals surface area contributed by atoms with Crippen molar-refractivity contribution in [3.63, 3.8) is 0 Å². The van der Waals surface area contributed by atoms with Crippen LogP contribution in [0.25, 0.3) is 0 Å². The van der Waals surface area contributed by atoms with Crippen molar-refractivity contribution in [2.45, 2.75) is 12.5 Å². The van der Waals surface area contributed by atoms with Crippen LogP contribution < -0.4 is 4.74 Å². The maximum absolute atomic E-state index is 13.0. The van der Waals surface area contributed by atoms with E-state index in [2.05, 4.69) is 11.8 Å². The van der Waals surface area contributed by atoms with E-state index in [1.54, 1.807) is 24.3 Å². The van der Waals surface area contributed by atoms with E-state index in [4.69, 9.17) is 9.47 Å². The average Bonchev–Trinajstić information content (AvgIpc) is 2.81. The molecule has 0 saturated carbocycles. The van der Waals surface area contributed by atoms with Crippen molar-refractivity contribution >= 4 is 11.8 Å². The highest BCUT2D eigenvalue weighted by molar-refractivity contribution is 6.09. The van der Waals surface area contributed by atoms with Gasteiger partial charge in [0.1, 0.15) is 18.2 Å². The zero-order valence-corrected chi connectivity index (χ0v) is 17.4. The quantitative estimate of drug-likeness (QED) is 0.428. The van der Waals surface area contributed by atoms with Crippen LogP contribution in [0.2, 0.25) is 0 Å². The molecule has 1 N–H and O–H groups in total. The Morgan fingerprint density at radius 1 is 0.969 bits per heavy atom. The molecular formula is C26H21FO5. The van der Waals surface area contributed by atoms with Crippen LogP contribution in [-0.4, -0.2) is 36.7 Å². The minimum Gasteiger partial charge on any atom is -0.481 e. The normalized spacial score (nSPS) is 11.2. The lowest BCUT2D eigenvalue weighted by Crippen LogP contribution is -2.25. The molecule has 0 aromatic heterocycles. The number of aliphatic carboxylic acids is 1. The van der Waals surface area contributed by atoms with Crippen LogP contribution in [-0.2, 0) is 16.0 Å². The lowest BCUT2D eigenvalue weighted by molar-refractivity contribution is -0.148. The Morgan fingerprint density at radius 3 is 2.22 bits per heavy atom. The van der Waals surface area contributed by atoms with Crippen LogP contribution in [0.4, 0.5) is 4.39 Å². The van der Waals surface area contributed by atoms with Crippen molar-refractivity contribution in [3.05, 3.63) is 101 Å². The molecule has 0 aliphatic rings. The van der Waals surface area contributed by atoms with Crippen LogP contribution in [0.3, 0.4) is 0 Å². The second-order valence-electron chi connectivity index (χ2n) is 6.87. The number of ether oxygens (including phenoxy) is 2. The van der Waals surface area contributed by atoms with Gasteiger partial charge in [0, 0.05) is 30.2 Å². The molecule has 3 aromatic carbocycles. The molecule has 0 heterocycles. The van der Waals surface area contributed by atoms with E-state index in [1.165, 1.54) is 31.4 Å². The third-order valence-corrected chi connectivity index (χ3v) is 4.74. The number of carboxylic acids is 1. The zero-order valence-electron chi connectivity index (χ0n) is 17.4. The van der Waals surface area contributed by atoms with Gasteiger partial charge in [0.05, 0.1) is 0 Å². The molecule has 6 heteroatoms. The first-order valence-electron chi connectivity index (χ1n) is 9.83. The molecule has 5 nitrogen and oxygen atoms in total. The third-order valence-electron chi connectivity index (χ3n) is 4.74. The zero-order chi connectivity index (χ0) is 22.9. The Bertz CT molecular complexity index is 1140. The van der Waals surface area contributed by atoms with E-state index >= 15 is 0 Å². The third kappa shape index (κ3) is 6.03. The van der Waals surface area contributed by atoms with Gasteiger partial charge in [0.25, 0.3) is 0 Å². The van der Waals surface area contributed by atoms with Gasteiger partial charge in [-0.3, -0.25) is 4.79 Å². The summed E-state index contributed by atoms with van der Waals surface area (Å²) in [7, 11) is 1.36. The van der Waals surface area contributed by atoms with Gasteiger partial charge < -0.3 is 14.6 Å². The van der Waals surface area contributed by atoms with Crippen molar-refractivity contribution in [1.29, 1.82) is 0 Å². The molecule has 1 atom stereocenters. The smallest absolute Gasteiger partial charge is 0.333 e. The fourth-order valence-electron chi connectivity index (χ4n) is 3.01. The first-order valence-corrected chi connectivity index (χ1v) is 9.83. The second kappa shape index (κ2) is 10.9. The van der Waals surface area contributed by atoms with Crippen molar-refractivity contribution in [2.24, 2.45) is 0 Å². The molecule has 32 heavy (non-hydrogen) atoms. The molecule has 0 saturated heterocycles. The average molecular weight is 432 g/mol. The van der Waals surface area contributed by atoms with E-state index in [-0.39, 0.29) is 18.8 Å². The standard InChI is InChI=1S/C26H21FO5/c1-31-24(26(29)30)17-21-6-3-2-5-18(21)7-4-16-32-23-14-10-20(11-15-23)25(28)19-8-12-22(27)13-9-19/h2-3,5-6,8-15,24H,16-17H2,1H3,(H,29,30)/t24-/m0/s1. The van der Waals surface area contributed by atoms with Crippen molar-refractivity contribution in [2.75, 3.05) is 13.7 Å².